The van der Waals surface area contributed by atoms with Crippen molar-refractivity contribution in [1.29, 1.82) is 0 Å². The standard InChI is InChI=1S/C30H52O3Si/c1-6-10-11-12-13-14-15-16-17-18-20-23-26(5)28(30(31)32)29(27-24-21-19-22-25-27)33-34(7-2,8-3)9-4/h19,21-22,24-25,29H,6-18,20,23H2,1-5H3,(H,31,32). The number of carboxylic acid groups (broad SMARTS) is 1. The lowest BCUT2D eigenvalue weighted by Crippen LogP contribution is -2.38. The molecule has 0 saturated heterocycles. The molecule has 1 aromatic rings. The van der Waals surface area contributed by atoms with Gasteiger partial charge in [-0.25, -0.2) is 4.79 Å². The maximum atomic E-state index is 12.5. The summed E-state index contributed by atoms with van der Waals surface area (Å²) in [5, 5.41) is 10.2. The Bertz CT molecular complexity index is 686. The molecule has 0 radical (unpaired) electrons. The highest BCUT2D eigenvalue weighted by Crippen LogP contribution is 2.36. The van der Waals surface area contributed by atoms with E-state index in [4.69, 9.17) is 4.43 Å². The van der Waals surface area contributed by atoms with Crippen LogP contribution in [0.5, 0.6) is 0 Å². The van der Waals surface area contributed by atoms with Crippen molar-refractivity contribution in [2.75, 3.05) is 0 Å². The van der Waals surface area contributed by atoms with Crippen molar-refractivity contribution in [3.8, 4) is 0 Å². The van der Waals surface area contributed by atoms with Crippen molar-refractivity contribution < 1.29 is 14.3 Å². The van der Waals surface area contributed by atoms with Crippen LogP contribution in [0, 0.1) is 0 Å². The first-order chi connectivity index (χ1) is 16.4. The molecule has 0 aliphatic carbocycles. The predicted molar refractivity (Wildman–Crippen MR) is 149 cm³/mol. The summed E-state index contributed by atoms with van der Waals surface area (Å²) in [6.07, 6.45) is 14.7. The van der Waals surface area contributed by atoms with E-state index < -0.39 is 20.4 Å². The molecule has 0 aliphatic rings. The Balaban J connectivity index is 2.76. The van der Waals surface area contributed by atoms with Crippen LogP contribution in [0.4, 0.5) is 0 Å². The summed E-state index contributed by atoms with van der Waals surface area (Å²) in [5.74, 6) is -0.833. The molecule has 0 aromatic heterocycles. The fourth-order valence-electron chi connectivity index (χ4n) is 4.88. The zero-order valence-corrected chi connectivity index (χ0v) is 23.8. The summed E-state index contributed by atoms with van der Waals surface area (Å²) in [7, 11) is -1.98. The van der Waals surface area contributed by atoms with Crippen molar-refractivity contribution in [2.24, 2.45) is 0 Å². The van der Waals surface area contributed by atoms with Gasteiger partial charge < -0.3 is 9.53 Å². The molecule has 1 N–H and O–H groups in total. The summed E-state index contributed by atoms with van der Waals surface area (Å²) in [6, 6.07) is 13.0. The Morgan fingerprint density at radius 2 is 1.26 bits per heavy atom. The zero-order chi connectivity index (χ0) is 25.2. The summed E-state index contributed by atoms with van der Waals surface area (Å²) < 4.78 is 6.82. The smallest absolute Gasteiger partial charge is 0.334 e. The molecule has 0 heterocycles. The third-order valence-corrected chi connectivity index (χ3v) is 12.1. The van der Waals surface area contributed by atoms with Crippen molar-refractivity contribution in [2.45, 2.75) is 136 Å². The van der Waals surface area contributed by atoms with E-state index >= 15 is 0 Å². The number of carboxylic acids is 1. The monoisotopic (exact) mass is 488 g/mol. The Morgan fingerprint density at radius 1 is 0.794 bits per heavy atom. The minimum absolute atomic E-state index is 0.463. The molecule has 0 bridgehead atoms. The lowest BCUT2D eigenvalue weighted by atomic mass is 9.94. The number of hydrogen-bond acceptors (Lipinski definition) is 2. The van der Waals surface area contributed by atoms with Crippen molar-refractivity contribution in [1.82, 2.24) is 0 Å². The quantitative estimate of drug-likeness (QED) is 0.113. The second kappa shape index (κ2) is 18.0. The van der Waals surface area contributed by atoms with Crippen LogP contribution in [0.2, 0.25) is 18.1 Å². The minimum Gasteiger partial charge on any atom is -0.478 e. The van der Waals surface area contributed by atoms with Crippen molar-refractivity contribution >= 4 is 14.3 Å². The molecule has 1 aromatic carbocycles. The van der Waals surface area contributed by atoms with Crippen LogP contribution >= 0.6 is 0 Å². The maximum absolute atomic E-state index is 12.5. The van der Waals surface area contributed by atoms with Gasteiger partial charge in [0.1, 0.15) is 6.10 Å². The molecule has 4 heteroatoms. The third-order valence-electron chi connectivity index (χ3n) is 7.51. The number of hydrogen-bond donors (Lipinski definition) is 1. The van der Waals surface area contributed by atoms with E-state index in [-0.39, 0.29) is 0 Å². The molecule has 1 rings (SSSR count). The van der Waals surface area contributed by atoms with Crippen LogP contribution < -0.4 is 0 Å². The van der Waals surface area contributed by atoms with E-state index in [9.17, 15) is 9.90 Å². The van der Waals surface area contributed by atoms with Crippen LogP contribution in [0.1, 0.15) is 123 Å². The van der Waals surface area contributed by atoms with Gasteiger partial charge in [-0.05, 0) is 43.5 Å². The van der Waals surface area contributed by atoms with E-state index in [1.165, 1.54) is 64.2 Å². The van der Waals surface area contributed by atoms with Gasteiger partial charge in [-0.3, -0.25) is 0 Å². The average molecular weight is 489 g/mol. The molecule has 34 heavy (non-hydrogen) atoms. The molecule has 1 atom stereocenters. The highest BCUT2D eigenvalue weighted by Gasteiger charge is 2.36. The lowest BCUT2D eigenvalue weighted by Gasteiger charge is -2.34. The van der Waals surface area contributed by atoms with Crippen LogP contribution in [0.25, 0.3) is 0 Å². The van der Waals surface area contributed by atoms with E-state index in [0.29, 0.717) is 5.57 Å². The number of carbonyl (C=O) groups is 1. The summed E-state index contributed by atoms with van der Waals surface area (Å²) >= 11 is 0. The van der Waals surface area contributed by atoms with Gasteiger partial charge in [-0.2, -0.15) is 0 Å². The number of benzene rings is 1. The van der Waals surface area contributed by atoms with Gasteiger partial charge in [0.25, 0.3) is 0 Å². The van der Waals surface area contributed by atoms with E-state index in [1.54, 1.807) is 0 Å². The van der Waals surface area contributed by atoms with E-state index in [0.717, 1.165) is 42.1 Å². The number of rotatable bonds is 20. The highest BCUT2D eigenvalue weighted by atomic mass is 28.4. The second-order valence-corrected chi connectivity index (χ2v) is 14.7. The predicted octanol–water partition coefficient (Wildman–Crippen LogP) is 9.85. The van der Waals surface area contributed by atoms with Crippen LogP contribution in [0.15, 0.2) is 41.5 Å². The molecule has 194 valence electrons. The number of allylic oxidation sites excluding steroid dienone is 1. The molecular formula is C30H52O3Si. The lowest BCUT2D eigenvalue weighted by molar-refractivity contribution is -0.133. The van der Waals surface area contributed by atoms with Gasteiger partial charge >= 0.3 is 5.97 Å². The molecular weight excluding hydrogens is 436 g/mol. The molecule has 0 amide bonds. The molecule has 1 unspecified atom stereocenters. The molecule has 0 fully saturated rings. The fraction of sp³-hybridized carbons (Fsp3) is 0.700. The molecule has 0 spiro atoms. The molecule has 0 aliphatic heterocycles. The molecule has 0 saturated carbocycles. The Kier molecular flexibility index (Phi) is 16.2. The first-order valence-corrected chi connectivity index (χ1v) is 16.6. The largest absolute Gasteiger partial charge is 0.478 e. The SMILES string of the molecule is CCCCCCCCCCCCCC(C)=C(C(=O)O)C(O[Si](CC)(CC)CC)c1ccccc1. The number of aliphatic carboxylic acids is 1. The summed E-state index contributed by atoms with van der Waals surface area (Å²) in [5.41, 5.74) is 2.40. The maximum Gasteiger partial charge on any atom is 0.334 e. The van der Waals surface area contributed by atoms with Crippen LogP contribution in [-0.4, -0.2) is 19.4 Å². The molecule has 3 nitrogen and oxygen atoms in total. The average Bonchev–Trinajstić information content (AvgIpc) is 2.85. The second-order valence-electron chi connectivity index (χ2n) is 9.94. The third kappa shape index (κ3) is 10.9. The van der Waals surface area contributed by atoms with Gasteiger partial charge in [0.2, 0.25) is 0 Å². The minimum atomic E-state index is -1.98. The Hall–Kier alpha value is -1.39. The van der Waals surface area contributed by atoms with E-state index in [1.807, 2.05) is 37.3 Å². The van der Waals surface area contributed by atoms with Crippen molar-refractivity contribution in [3.63, 3.8) is 0 Å². The number of unbranched alkanes of at least 4 members (excludes halogenated alkanes) is 10. The van der Waals surface area contributed by atoms with Crippen LogP contribution in [0.3, 0.4) is 0 Å². The summed E-state index contributed by atoms with van der Waals surface area (Å²) in [4.78, 5) is 12.5. The fourth-order valence-corrected chi connectivity index (χ4v) is 7.63. The van der Waals surface area contributed by atoms with Crippen LogP contribution in [-0.2, 0) is 9.22 Å². The zero-order valence-electron chi connectivity index (χ0n) is 22.8. The van der Waals surface area contributed by atoms with Crippen molar-refractivity contribution in [3.05, 3.63) is 47.0 Å². The first kappa shape index (κ1) is 30.6. The van der Waals surface area contributed by atoms with Gasteiger partial charge in [0.05, 0.1) is 5.57 Å². The Morgan fingerprint density at radius 3 is 1.71 bits per heavy atom. The summed E-state index contributed by atoms with van der Waals surface area (Å²) in [6.45, 7) is 10.9. The van der Waals surface area contributed by atoms with Gasteiger partial charge in [0.15, 0.2) is 8.32 Å². The Labute approximate surface area is 211 Å². The highest BCUT2D eigenvalue weighted by molar-refractivity contribution is 6.73. The van der Waals surface area contributed by atoms with Gasteiger partial charge in [-0.1, -0.05) is 128 Å². The van der Waals surface area contributed by atoms with Gasteiger partial charge in [-0.15, -0.1) is 0 Å². The first-order valence-electron chi connectivity index (χ1n) is 14.1. The normalized spacial score (nSPS) is 13.6. The topological polar surface area (TPSA) is 46.5 Å². The van der Waals surface area contributed by atoms with E-state index in [2.05, 4.69) is 27.7 Å². The van der Waals surface area contributed by atoms with Gasteiger partial charge in [0, 0.05) is 0 Å².